The Morgan fingerprint density at radius 3 is 2.26 bits per heavy atom. The molecule has 10 heteroatoms. The number of ether oxygens (including phenoxy) is 2. The van der Waals surface area contributed by atoms with Gasteiger partial charge < -0.3 is 9.47 Å². The quantitative estimate of drug-likeness (QED) is 0.143. The van der Waals surface area contributed by atoms with Gasteiger partial charge in [0.2, 0.25) is 18.4 Å². The molecule has 39 heavy (non-hydrogen) atoms. The highest BCUT2D eigenvalue weighted by Gasteiger charge is 2.61. The molecule has 2 aliphatic carbocycles. The molecule has 4 atom stereocenters. The molecule has 10 nitrogen and oxygen atoms in total. The van der Waals surface area contributed by atoms with Crippen LogP contribution in [0.5, 0.6) is 0 Å². The number of imide groups is 1. The molecule has 5 rings (SSSR count). The maximum Gasteiger partial charge on any atom is 0.324 e. The number of fused-ring (bicyclic) bond motifs is 4. The standard InChI is InChI=1S/C29H28N2O8/c1-38-27(34)29(28(35)39-2)15-18-12-13-21-24(26(33)31(25(21)32)19-9-4-3-5-10-19)22(18)14-17-8-6-7-11-20(17)23(29)16-30(36)37/h3-12,21-24H,13-16H2,1-2H3/t21?,22?,23-,24?/m0/s1. The number of esters is 2. The number of rotatable bonds is 5. The zero-order valence-electron chi connectivity index (χ0n) is 21.6. The number of hydrogen-bond donors (Lipinski definition) is 0. The van der Waals surface area contributed by atoms with E-state index >= 15 is 0 Å². The number of nitro groups is 1. The van der Waals surface area contributed by atoms with Crippen LogP contribution in [0.25, 0.3) is 0 Å². The van der Waals surface area contributed by atoms with Gasteiger partial charge in [0.15, 0.2) is 5.41 Å². The SMILES string of the molecule is COC(=O)C1(C(=O)OC)CC2=CCC3C(=O)N(c4ccccc4)C(=O)C3C2Cc2ccccc2[C@@H]1C[N+](=O)[O-]. The van der Waals surface area contributed by atoms with Crippen LogP contribution in [0.15, 0.2) is 66.2 Å². The summed E-state index contributed by atoms with van der Waals surface area (Å²) >= 11 is 0. The summed E-state index contributed by atoms with van der Waals surface area (Å²) in [6, 6.07) is 15.6. The Balaban J connectivity index is 1.69. The second kappa shape index (κ2) is 10.1. The van der Waals surface area contributed by atoms with Crippen LogP contribution in [0.4, 0.5) is 5.69 Å². The van der Waals surface area contributed by atoms with Crippen molar-refractivity contribution in [3.05, 3.63) is 87.5 Å². The number of methoxy groups -OCH3 is 2. The maximum atomic E-state index is 13.9. The number of anilines is 1. The fourth-order valence-electron chi connectivity index (χ4n) is 6.69. The fraction of sp³-hybridized carbons (Fsp3) is 0.379. The first-order valence-corrected chi connectivity index (χ1v) is 12.7. The summed E-state index contributed by atoms with van der Waals surface area (Å²) in [7, 11) is 2.25. The highest BCUT2D eigenvalue weighted by atomic mass is 16.6. The molecular weight excluding hydrogens is 504 g/mol. The summed E-state index contributed by atoms with van der Waals surface area (Å²) in [5, 5.41) is 11.9. The molecule has 2 aromatic rings. The Morgan fingerprint density at radius 2 is 1.62 bits per heavy atom. The molecule has 0 saturated carbocycles. The monoisotopic (exact) mass is 532 g/mol. The molecule has 1 aliphatic heterocycles. The van der Waals surface area contributed by atoms with Gasteiger partial charge in [-0.2, -0.15) is 0 Å². The minimum Gasteiger partial charge on any atom is -0.468 e. The second-order valence-corrected chi connectivity index (χ2v) is 10.2. The summed E-state index contributed by atoms with van der Waals surface area (Å²) in [5.41, 5.74) is 0.152. The summed E-state index contributed by atoms with van der Waals surface area (Å²) < 4.78 is 10.2. The Hall–Kier alpha value is -4.34. The molecule has 1 fully saturated rings. The van der Waals surface area contributed by atoms with Crippen molar-refractivity contribution in [1.29, 1.82) is 0 Å². The van der Waals surface area contributed by atoms with E-state index in [0.717, 1.165) is 14.2 Å². The second-order valence-electron chi connectivity index (χ2n) is 10.2. The van der Waals surface area contributed by atoms with E-state index in [-0.39, 0.29) is 24.7 Å². The largest absolute Gasteiger partial charge is 0.468 e. The van der Waals surface area contributed by atoms with Gasteiger partial charge in [0.05, 0.1) is 37.7 Å². The van der Waals surface area contributed by atoms with Crippen molar-refractivity contribution in [2.75, 3.05) is 25.7 Å². The molecule has 202 valence electrons. The van der Waals surface area contributed by atoms with Crippen molar-refractivity contribution in [3.8, 4) is 0 Å². The Morgan fingerprint density at radius 1 is 0.974 bits per heavy atom. The number of nitrogens with zero attached hydrogens (tertiary/aromatic N) is 2. The number of allylic oxidation sites excluding steroid dienone is 2. The average Bonchev–Trinajstić information content (AvgIpc) is 3.19. The van der Waals surface area contributed by atoms with Crippen LogP contribution in [0.3, 0.4) is 0 Å². The molecule has 3 aliphatic rings. The lowest BCUT2D eigenvalue weighted by atomic mass is 9.59. The van der Waals surface area contributed by atoms with Crippen molar-refractivity contribution in [2.45, 2.75) is 25.2 Å². The summed E-state index contributed by atoms with van der Waals surface area (Å²) in [5.74, 6) is -5.53. The van der Waals surface area contributed by atoms with E-state index in [4.69, 9.17) is 9.47 Å². The Labute approximate surface area is 224 Å². The molecule has 0 aromatic heterocycles. The highest BCUT2D eigenvalue weighted by Crippen LogP contribution is 2.53. The van der Waals surface area contributed by atoms with Crippen LogP contribution in [0.1, 0.15) is 29.9 Å². The van der Waals surface area contributed by atoms with Crippen LogP contribution in [0, 0.1) is 33.3 Å². The number of hydrogen-bond acceptors (Lipinski definition) is 8. The summed E-state index contributed by atoms with van der Waals surface area (Å²) in [4.78, 5) is 66.9. The normalized spacial score (nSPS) is 25.3. The molecule has 0 N–H and O–H groups in total. The van der Waals surface area contributed by atoms with Gasteiger partial charge in [-0.1, -0.05) is 54.1 Å². The minimum atomic E-state index is -2.06. The first kappa shape index (κ1) is 26.3. The van der Waals surface area contributed by atoms with Crippen molar-refractivity contribution < 1.29 is 33.6 Å². The van der Waals surface area contributed by atoms with Gasteiger partial charge in [-0.15, -0.1) is 0 Å². The number of benzene rings is 2. The average molecular weight is 533 g/mol. The lowest BCUT2D eigenvalue weighted by molar-refractivity contribution is -0.485. The van der Waals surface area contributed by atoms with E-state index < -0.39 is 52.5 Å². The lowest BCUT2D eigenvalue weighted by Gasteiger charge is -2.42. The highest BCUT2D eigenvalue weighted by molar-refractivity contribution is 6.22. The maximum absolute atomic E-state index is 13.9. The van der Waals surface area contributed by atoms with E-state index in [1.165, 1.54) is 4.90 Å². The minimum absolute atomic E-state index is 0.222. The third-order valence-corrected chi connectivity index (χ3v) is 8.41. The first-order valence-electron chi connectivity index (χ1n) is 12.7. The van der Waals surface area contributed by atoms with E-state index in [2.05, 4.69) is 0 Å². The molecule has 3 unspecified atom stereocenters. The lowest BCUT2D eigenvalue weighted by Crippen LogP contribution is -2.51. The van der Waals surface area contributed by atoms with Crippen molar-refractivity contribution >= 4 is 29.4 Å². The third-order valence-electron chi connectivity index (χ3n) is 8.41. The first-order chi connectivity index (χ1) is 18.7. The summed E-state index contributed by atoms with van der Waals surface area (Å²) in [6.45, 7) is -0.704. The third kappa shape index (κ3) is 4.10. The Bertz CT molecular complexity index is 1370. The predicted octanol–water partition coefficient (Wildman–Crippen LogP) is 3.08. The number of carbonyl (C=O) groups is 4. The zero-order valence-corrected chi connectivity index (χ0v) is 21.6. The molecule has 1 heterocycles. The fourth-order valence-corrected chi connectivity index (χ4v) is 6.69. The van der Waals surface area contributed by atoms with Gasteiger partial charge in [0, 0.05) is 4.92 Å². The van der Waals surface area contributed by atoms with Crippen LogP contribution < -0.4 is 4.90 Å². The Kier molecular flexibility index (Phi) is 6.80. The van der Waals surface area contributed by atoms with Crippen LogP contribution in [0.2, 0.25) is 0 Å². The van der Waals surface area contributed by atoms with E-state index in [0.29, 0.717) is 28.8 Å². The van der Waals surface area contributed by atoms with Crippen molar-refractivity contribution in [2.24, 2.45) is 23.2 Å². The molecular formula is C29H28N2O8. The van der Waals surface area contributed by atoms with Gasteiger partial charge in [0.25, 0.3) is 0 Å². The molecule has 0 spiro atoms. The smallest absolute Gasteiger partial charge is 0.324 e. The van der Waals surface area contributed by atoms with Gasteiger partial charge in [-0.25, -0.2) is 0 Å². The number of carbonyl (C=O) groups excluding carboxylic acids is 4. The van der Waals surface area contributed by atoms with Crippen LogP contribution >= 0.6 is 0 Å². The van der Waals surface area contributed by atoms with Gasteiger partial charge in [0.1, 0.15) is 0 Å². The molecule has 1 saturated heterocycles. The molecule has 2 aromatic carbocycles. The molecule has 0 bridgehead atoms. The zero-order chi connectivity index (χ0) is 27.9. The predicted molar refractivity (Wildman–Crippen MR) is 138 cm³/mol. The van der Waals surface area contributed by atoms with Crippen LogP contribution in [-0.4, -0.2) is 49.4 Å². The van der Waals surface area contributed by atoms with Gasteiger partial charge in [-0.3, -0.25) is 34.2 Å². The molecule has 2 amide bonds. The number of para-hydroxylation sites is 1. The summed E-state index contributed by atoms with van der Waals surface area (Å²) in [6.07, 6.45) is 2.14. The number of amides is 2. The van der Waals surface area contributed by atoms with Gasteiger partial charge in [-0.05, 0) is 48.4 Å². The van der Waals surface area contributed by atoms with E-state index in [1.54, 1.807) is 54.6 Å². The van der Waals surface area contributed by atoms with Crippen molar-refractivity contribution in [1.82, 2.24) is 0 Å². The topological polar surface area (TPSA) is 133 Å². The van der Waals surface area contributed by atoms with Crippen LogP contribution in [-0.2, 0) is 35.1 Å². The van der Waals surface area contributed by atoms with E-state index in [1.807, 2.05) is 6.08 Å². The van der Waals surface area contributed by atoms with Crippen molar-refractivity contribution in [3.63, 3.8) is 0 Å². The van der Waals surface area contributed by atoms with Gasteiger partial charge >= 0.3 is 11.9 Å². The van der Waals surface area contributed by atoms with E-state index in [9.17, 15) is 29.3 Å². The molecule has 0 radical (unpaired) electrons.